The quantitative estimate of drug-likeness (QED) is 0.356. The molecule has 0 amide bonds. The molecule has 0 saturated heterocycles. The van der Waals surface area contributed by atoms with Gasteiger partial charge in [0, 0.05) is 6.42 Å². The molecule has 18 heavy (non-hydrogen) atoms. The second-order valence-corrected chi connectivity index (χ2v) is 5.02. The van der Waals surface area contributed by atoms with Crippen molar-refractivity contribution in [1.82, 2.24) is 0 Å². The van der Waals surface area contributed by atoms with Crippen LogP contribution < -0.4 is 0 Å². The lowest BCUT2D eigenvalue weighted by molar-refractivity contribution is -0.137. The number of carbonyl (C=O) groups is 1. The van der Waals surface area contributed by atoms with Gasteiger partial charge in [0.25, 0.3) is 0 Å². The highest BCUT2D eigenvalue weighted by atomic mass is 16.4. The molecule has 0 rings (SSSR count). The van der Waals surface area contributed by atoms with E-state index in [1.807, 2.05) is 0 Å². The Balaban J connectivity index is 3.06. The third-order valence-electron chi connectivity index (χ3n) is 3.15. The third kappa shape index (κ3) is 15.2. The van der Waals surface area contributed by atoms with E-state index in [4.69, 9.17) is 5.11 Å². The van der Waals surface area contributed by atoms with E-state index < -0.39 is 5.97 Å². The fourth-order valence-corrected chi connectivity index (χ4v) is 1.99. The highest BCUT2D eigenvalue weighted by Crippen LogP contribution is 2.09. The third-order valence-corrected chi connectivity index (χ3v) is 3.15. The summed E-state index contributed by atoms with van der Waals surface area (Å²) < 4.78 is 0. The molecule has 0 aliphatic rings. The summed E-state index contributed by atoms with van der Waals surface area (Å²) in [5, 5.41) is 8.47. The van der Waals surface area contributed by atoms with Gasteiger partial charge in [-0.25, -0.2) is 0 Å². The first-order chi connectivity index (χ1) is 8.77. The van der Waals surface area contributed by atoms with Crippen molar-refractivity contribution in [3.8, 4) is 0 Å². The Labute approximate surface area is 112 Å². The number of allylic oxidation sites excluding steroid dienone is 2. The number of unbranched alkanes of at least 4 members (excludes halogenated alkanes) is 9. The molecule has 0 radical (unpaired) electrons. The molecule has 0 aromatic heterocycles. The molecular formula is C16H30O2. The Morgan fingerprint density at radius 1 is 0.833 bits per heavy atom. The van der Waals surface area contributed by atoms with Crippen LogP contribution in [0.25, 0.3) is 0 Å². The van der Waals surface area contributed by atoms with E-state index >= 15 is 0 Å². The summed E-state index contributed by atoms with van der Waals surface area (Å²) in [6.45, 7) is 2.25. The Bertz CT molecular complexity index is 209. The normalized spacial score (nSPS) is 11.2. The minimum atomic E-state index is -0.679. The highest BCUT2D eigenvalue weighted by molar-refractivity contribution is 5.66. The number of hydrogen-bond donors (Lipinski definition) is 1. The molecule has 0 aromatic carbocycles. The SMILES string of the molecule is CCCCCCCCC/C=C\CCCCC(=O)O. The lowest BCUT2D eigenvalue weighted by atomic mass is 10.1. The first-order valence-electron chi connectivity index (χ1n) is 7.64. The van der Waals surface area contributed by atoms with Crippen LogP contribution >= 0.6 is 0 Å². The standard InChI is InChI=1S/C16H30O2/c1-2-3-4-5-6-7-8-9-10-11-12-13-14-15-16(17)18/h10-11H,2-9,12-15H2,1H3,(H,17,18)/b11-10-. The molecule has 0 saturated carbocycles. The summed E-state index contributed by atoms with van der Waals surface area (Å²) in [5.74, 6) is -0.679. The predicted molar refractivity (Wildman–Crippen MR) is 77.9 cm³/mol. The van der Waals surface area contributed by atoms with E-state index in [-0.39, 0.29) is 0 Å². The molecule has 0 bridgehead atoms. The number of rotatable bonds is 13. The average molecular weight is 254 g/mol. The van der Waals surface area contributed by atoms with Crippen LogP contribution in [-0.4, -0.2) is 11.1 Å². The molecule has 0 spiro atoms. The average Bonchev–Trinajstić information content (AvgIpc) is 2.34. The number of carboxylic acid groups (broad SMARTS) is 1. The van der Waals surface area contributed by atoms with E-state index in [2.05, 4.69) is 19.1 Å². The highest BCUT2D eigenvalue weighted by Gasteiger charge is 1.94. The molecule has 0 aliphatic heterocycles. The molecule has 0 aliphatic carbocycles. The van der Waals surface area contributed by atoms with Crippen LogP contribution in [0.15, 0.2) is 12.2 Å². The molecule has 2 nitrogen and oxygen atoms in total. The fraction of sp³-hybridized carbons (Fsp3) is 0.812. The van der Waals surface area contributed by atoms with Crippen LogP contribution in [0.4, 0.5) is 0 Å². The Morgan fingerprint density at radius 3 is 1.89 bits per heavy atom. The minimum absolute atomic E-state index is 0.311. The Hall–Kier alpha value is -0.790. The van der Waals surface area contributed by atoms with Crippen LogP contribution in [0.1, 0.15) is 84.0 Å². The smallest absolute Gasteiger partial charge is 0.303 e. The maximum Gasteiger partial charge on any atom is 0.303 e. The molecule has 1 N–H and O–H groups in total. The Morgan fingerprint density at radius 2 is 1.33 bits per heavy atom. The minimum Gasteiger partial charge on any atom is -0.481 e. The van der Waals surface area contributed by atoms with Gasteiger partial charge in [-0.2, -0.15) is 0 Å². The summed E-state index contributed by atoms with van der Waals surface area (Å²) in [4.78, 5) is 10.3. The number of carboxylic acids is 1. The second-order valence-electron chi connectivity index (χ2n) is 5.02. The van der Waals surface area contributed by atoms with Crippen molar-refractivity contribution in [3.63, 3.8) is 0 Å². The van der Waals surface area contributed by atoms with Crippen molar-refractivity contribution in [1.29, 1.82) is 0 Å². The van der Waals surface area contributed by atoms with Crippen LogP contribution in [0.2, 0.25) is 0 Å². The lowest BCUT2D eigenvalue weighted by Crippen LogP contribution is -1.92. The summed E-state index contributed by atoms with van der Waals surface area (Å²) in [5.41, 5.74) is 0. The van der Waals surface area contributed by atoms with Gasteiger partial charge in [0.1, 0.15) is 0 Å². The van der Waals surface area contributed by atoms with Crippen molar-refractivity contribution in [2.45, 2.75) is 84.0 Å². The largest absolute Gasteiger partial charge is 0.481 e. The monoisotopic (exact) mass is 254 g/mol. The van der Waals surface area contributed by atoms with Crippen molar-refractivity contribution >= 4 is 5.97 Å². The van der Waals surface area contributed by atoms with Gasteiger partial charge >= 0.3 is 5.97 Å². The molecule has 0 fully saturated rings. The van der Waals surface area contributed by atoms with Crippen LogP contribution in [0, 0.1) is 0 Å². The number of hydrogen-bond acceptors (Lipinski definition) is 1. The summed E-state index contributed by atoms with van der Waals surface area (Å²) in [6, 6.07) is 0. The van der Waals surface area contributed by atoms with Gasteiger partial charge in [-0.15, -0.1) is 0 Å². The lowest BCUT2D eigenvalue weighted by Gasteiger charge is -1.99. The van der Waals surface area contributed by atoms with Crippen molar-refractivity contribution < 1.29 is 9.90 Å². The molecule has 2 heteroatoms. The van der Waals surface area contributed by atoms with Gasteiger partial charge in [0.05, 0.1) is 0 Å². The van der Waals surface area contributed by atoms with Gasteiger partial charge in [-0.05, 0) is 32.1 Å². The van der Waals surface area contributed by atoms with Gasteiger partial charge in [-0.3, -0.25) is 4.79 Å². The maximum atomic E-state index is 10.3. The van der Waals surface area contributed by atoms with Crippen molar-refractivity contribution in [3.05, 3.63) is 12.2 Å². The summed E-state index contributed by atoms with van der Waals surface area (Å²) in [7, 11) is 0. The maximum absolute atomic E-state index is 10.3. The van der Waals surface area contributed by atoms with Gasteiger partial charge < -0.3 is 5.11 Å². The van der Waals surface area contributed by atoms with E-state index in [9.17, 15) is 4.79 Å². The first-order valence-corrected chi connectivity index (χ1v) is 7.64. The van der Waals surface area contributed by atoms with Crippen LogP contribution in [0.3, 0.4) is 0 Å². The zero-order valence-electron chi connectivity index (χ0n) is 12.0. The molecule has 106 valence electrons. The van der Waals surface area contributed by atoms with E-state index in [1.165, 1.54) is 51.4 Å². The van der Waals surface area contributed by atoms with Gasteiger partial charge in [0.15, 0.2) is 0 Å². The second kappa shape index (κ2) is 14.3. The predicted octanol–water partition coefficient (Wildman–Crippen LogP) is 5.33. The topological polar surface area (TPSA) is 37.3 Å². The van der Waals surface area contributed by atoms with Crippen molar-refractivity contribution in [2.75, 3.05) is 0 Å². The molecule has 0 aromatic rings. The molecular weight excluding hydrogens is 224 g/mol. The molecule has 0 unspecified atom stereocenters. The fourth-order valence-electron chi connectivity index (χ4n) is 1.99. The number of aliphatic carboxylic acids is 1. The van der Waals surface area contributed by atoms with E-state index in [0.717, 1.165) is 19.3 Å². The summed E-state index contributed by atoms with van der Waals surface area (Å²) in [6.07, 6.45) is 18.3. The first kappa shape index (κ1) is 17.2. The van der Waals surface area contributed by atoms with Crippen LogP contribution in [-0.2, 0) is 4.79 Å². The zero-order valence-corrected chi connectivity index (χ0v) is 12.0. The zero-order chi connectivity index (χ0) is 13.5. The van der Waals surface area contributed by atoms with Gasteiger partial charge in [-0.1, -0.05) is 57.6 Å². The van der Waals surface area contributed by atoms with E-state index in [0.29, 0.717) is 6.42 Å². The van der Waals surface area contributed by atoms with E-state index in [1.54, 1.807) is 0 Å². The van der Waals surface area contributed by atoms with Gasteiger partial charge in [0.2, 0.25) is 0 Å². The molecule has 0 heterocycles. The van der Waals surface area contributed by atoms with Crippen molar-refractivity contribution in [2.24, 2.45) is 0 Å². The summed E-state index contributed by atoms with van der Waals surface area (Å²) >= 11 is 0. The Kier molecular flexibility index (Phi) is 13.6. The van der Waals surface area contributed by atoms with Crippen LogP contribution in [0.5, 0.6) is 0 Å². The molecule has 0 atom stereocenters.